The fourth-order valence-electron chi connectivity index (χ4n) is 5.82. The smallest absolute Gasteiger partial charge is 0.0998 e. The Hall–Kier alpha value is -5.90. The second kappa shape index (κ2) is 10.0. The van der Waals surface area contributed by atoms with Gasteiger partial charge in [0.15, 0.2) is 0 Å². The maximum atomic E-state index is 10.2. The molecule has 7 rings (SSSR count). The third-order valence-electron chi connectivity index (χ3n) is 7.66. The molecule has 0 N–H and O–H groups in total. The molecule has 0 saturated heterocycles. The molecule has 0 unspecified atom stereocenters. The second-order valence-corrected chi connectivity index (χ2v) is 10.0. The van der Waals surface area contributed by atoms with Gasteiger partial charge in [0, 0.05) is 27.6 Å². The number of para-hydroxylation sites is 1. The molecule has 41 heavy (non-hydrogen) atoms. The van der Waals surface area contributed by atoms with Crippen LogP contribution in [-0.4, -0.2) is 4.57 Å². The highest BCUT2D eigenvalue weighted by Crippen LogP contribution is 2.43. The van der Waals surface area contributed by atoms with E-state index in [1.807, 2.05) is 42.5 Å². The number of benzene rings is 6. The lowest BCUT2D eigenvalue weighted by Crippen LogP contribution is -1.98. The van der Waals surface area contributed by atoms with Crippen molar-refractivity contribution in [1.82, 2.24) is 4.57 Å². The lowest BCUT2D eigenvalue weighted by atomic mass is 9.90. The van der Waals surface area contributed by atoms with E-state index < -0.39 is 0 Å². The molecular formula is C38H23N3. The van der Waals surface area contributed by atoms with Crippen LogP contribution in [0.5, 0.6) is 0 Å². The standard InChI is InChI=1S/C38H23N3/c39-24-29-15-10-16-30(25-40)37(29)35-23-31(27-13-6-2-7-14-27)22-34-33-21-28(26-11-4-1-5-12-26)19-20-36(33)41(38(34)35)32-17-8-3-9-18-32/h1-23H. The van der Waals surface area contributed by atoms with E-state index in [0.29, 0.717) is 16.7 Å². The fourth-order valence-corrected chi connectivity index (χ4v) is 5.82. The maximum Gasteiger partial charge on any atom is 0.0998 e. The molecule has 0 amide bonds. The maximum absolute atomic E-state index is 10.2. The monoisotopic (exact) mass is 521 g/mol. The van der Waals surface area contributed by atoms with Crippen LogP contribution >= 0.6 is 0 Å². The number of nitrogens with zero attached hydrogens (tertiary/aromatic N) is 3. The van der Waals surface area contributed by atoms with Gasteiger partial charge in [0.25, 0.3) is 0 Å². The molecule has 0 radical (unpaired) electrons. The van der Waals surface area contributed by atoms with Crippen molar-refractivity contribution in [2.45, 2.75) is 0 Å². The number of fused-ring (bicyclic) bond motifs is 3. The van der Waals surface area contributed by atoms with Crippen LogP contribution in [0.4, 0.5) is 0 Å². The topological polar surface area (TPSA) is 52.5 Å². The van der Waals surface area contributed by atoms with Crippen molar-refractivity contribution in [3.8, 4) is 51.2 Å². The van der Waals surface area contributed by atoms with Crippen LogP contribution < -0.4 is 0 Å². The molecule has 1 heterocycles. The van der Waals surface area contributed by atoms with Gasteiger partial charge >= 0.3 is 0 Å². The van der Waals surface area contributed by atoms with Crippen LogP contribution in [0, 0.1) is 22.7 Å². The zero-order valence-corrected chi connectivity index (χ0v) is 22.1. The average molecular weight is 522 g/mol. The summed E-state index contributed by atoms with van der Waals surface area (Å²) in [5, 5.41) is 22.5. The lowest BCUT2D eigenvalue weighted by molar-refractivity contribution is 1.18. The third-order valence-corrected chi connectivity index (χ3v) is 7.66. The van der Waals surface area contributed by atoms with Crippen molar-refractivity contribution in [2.75, 3.05) is 0 Å². The van der Waals surface area contributed by atoms with E-state index >= 15 is 0 Å². The Bertz CT molecular complexity index is 2110. The first-order valence-corrected chi connectivity index (χ1v) is 13.5. The summed E-state index contributed by atoms with van der Waals surface area (Å²) < 4.78 is 2.26. The van der Waals surface area contributed by atoms with Gasteiger partial charge in [0.05, 0.1) is 34.3 Å². The van der Waals surface area contributed by atoms with Crippen molar-refractivity contribution >= 4 is 21.8 Å². The predicted octanol–water partition coefficient (Wildman–Crippen LogP) is 9.53. The molecule has 3 heteroatoms. The van der Waals surface area contributed by atoms with Crippen molar-refractivity contribution in [1.29, 1.82) is 10.5 Å². The quantitative estimate of drug-likeness (QED) is 0.232. The molecule has 190 valence electrons. The summed E-state index contributed by atoms with van der Waals surface area (Å²) in [4.78, 5) is 0. The van der Waals surface area contributed by atoms with Crippen molar-refractivity contribution in [3.05, 3.63) is 151 Å². The minimum absolute atomic E-state index is 0.477. The van der Waals surface area contributed by atoms with Crippen LogP contribution in [0.1, 0.15) is 11.1 Å². The highest BCUT2D eigenvalue weighted by Gasteiger charge is 2.22. The van der Waals surface area contributed by atoms with Gasteiger partial charge in [-0.05, 0) is 70.8 Å². The fraction of sp³-hybridized carbons (Fsp3) is 0. The van der Waals surface area contributed by atoms with E-state index in [0.717, 1.165) is 55.3 Å². The molecule has 0 aliphatic rings. The zero-order valence-electron chi connectivity index (χ0n) is 22.1. The summed E-state index contributed by atoms with van der Waals surface area (Å²) in [6.45, 7) is 0. The summed E-state index contributed by atoms with van der Waals surface area (Å²) in [5.74, 6) is 0. The third kappa shape index (κ3) is 4.05. The second-order valence-electron chi connectivity index (χ2n) is 10.0. The molecule has 0 aliphatic carbocycles. The summed E-state index contributed by atoms with van der Waals surface area (Å²) in [5.41, 5.74) is 9.89. The minimum Gasteiger partial charge on any atom is -0.309 e. The van der Waals surface area contributed by atoms with E-state index in [4.69, 9.17) is 0 Å². The van der Waals surface area contributed by atoms with Gasteiger partial charge in [-0.3, -0.25) is 0 Å². The molecule has 0 saturated carbocycles. The van der Waals surface area contributed by atoms with E-state index in [9.17, 15) is 10.5 Å². The Morgan fingerprint density at radius 2 is 1.02 bits per heavy atom. The lowest BCUT2D eigenvalue weighted by Gasteiger charge is -2.15. The highest BCUT2D eigenvalue weighted by atomic mass is 15.0. The summed E-state index contributed by atoms with van der Waals surface area (Å²) in [6.07, 6.45) is 0. The van der Waals surface area contributed by atoms with Gasteiger partial charge in [-0.25, -0.2) is 0 Å². The molecule has 6 aromatic carbocycles. The molecule has 0 spiro atoms. The number of rotatable bonds is 4. The molecule has 7 aromatic rings. The SMILES string of the molecule is N#Cc1cccc(C#N)c1-c1cc(-c2ccccc2)cc2c3cc(-c4ccccc4)ccc3n(-c3ccccc3)c12. The van der Waals surface area contributed by atoms with Crippen LogP contribution in [-0.2, 0) is 0 Å². The Morgan fingerprint density at radius 3 is 1.63 bits per heavy atom. The zero-order chi connectivity index (χ0) is 27.8. The van der Waals surface area contributed by atoms with Gasteiger partial charge in [0.2, 0.25) is 0 Å². The Labute approximate surface area is 238 Å². The molecule has 0 fully saturated rings. The minimum atomic E-state index is 0.477. The number of hydrogen-bond donors (Lipinski definition) is 0. The molecule has 0 atom stereocenters. The van der Waals surface area contributed by atoms with Crippen molar-refractivity contribution in [2.24, 2.45) is 0 Å². The number of hydrogen-bond acceptors (Lipinski definition) is 2. The van der Waals surface area contributed by atoms with E-state index in [-0.39, 0.29) is 0 Å². The summed E-state index contributed by atoms with van der Waals surface area (Å²) in [7, 11) is 0. The van der Waals surface area contributed by atoms with Crippen LogP contribution in [0.15, 0.2) is 140 Å². The van der Waals surface area contributed by atoms with Crippen molar-refractivity contribution < 1.29 is 0 Å². The Kier molecular flexibility index (Phi) is 5.90. The van der Waals surface area contributed by atoms with Gasteiger partial charge < -0.3 is 4.57 Å². The van der Waals surface area contributed by atoms with E-state index in [1.165, 1.54) is 0 Å². The first kappa shape index (κ1) is 24.2. The van der Waals surface area contributed by atoms with Gasteiger partial charge in [-0.15, -0.1) is 0 Å². The average Bonchev–Trinajstić information content (AvgIpc) is 3.39. The largest absolute Gasteiger partial charge is 0.309 e. The number of nitriles is 2. The number of aromatic nitrogens is 1. The highest BCUT2D eigenvalue weighted by molar-refractivity contribution is 6.16. The molecule has 0 aliphatic heterocycles. The summed E-state index contributed by atoms with van der Waals surface area (Å²) >= 11 is 0. The van der Waals surface area contributed by atoms with E-state index in [2.05, 4.69) is 95.6 Å². The molecule has 1 aromatic heterocycles. The normalized spacial score (nSPS) is 10.9. The van der Waals surface area contributed by atoms with Crippen LogP contribution in [0.25, 0.3) is 60.9 Å². The van der Waals surface area contributed by atoms with E-state index in [1.54, 1.807) is 18.2 Å². The van der Waals surface area contributed by atoms with Gasteiger partial charge in [-0.2, -0.15) is 10.5 Å². The van der Waals surface area contributed by atoms with Crippen LogP contribution in [0.2, 0.25) is 0 Å². The summed E-state index contributed by atoms with van der Waals surface area (Å²) in [6, 6.07) is 52.0. The van der Waals surface area contributed by atoms with Gasteiger partial charge in [0.1, 0.15) is 0 Å². The molecule has 0 bridgehead atoms. The first-order valence-electron chi connectivity index (χ1n) is 13.5. The van der Waals surface area contributed by atoms with Gasteiger partial charge in [-0.1, -0.05) is 91.0 Å². The van der Waals surface area contributed by atoms with Crippen LogP contribution in [0.3, 0.4) is 0 Å². The predicted molar refractivity (Wildman–Crippen MR) is 167 cm³/mol. The molecule has 3 nitrogen and oxygen atoms in total. The molecular weight excluding hydrogens is 498 g/mol. The Balaban J connectivity index is 1.70. The Morgan fingerprint density at radius 1 is 0.463 bits per heavy atom. The first-order chi connectivity index (χ1) is 20.3. The van der Waals surface area contributed by atoms with Crippen molar-refractivity contribution in [3.63, 3.8) is 0 Å².